The summed E-state index contributed by atoms with van der Waals surface area (Å²) in [5.41, 5.74) is -0.577. The molecule has 0 radical (unpaired) electrons. The Labute approximate surface area is 127 Å². The van der Waals surface area contributed by atoms with Crippen LogP contribution in [-0.2, 0) is 9.53 Å². The van der Waals surface area contributed by atoms with E-state index in [2.05, 4.69) is 20.8 Å². The van der Waals surface area contributed by atoms with E-state index < -0.39 is 23.7 Å². The second-order valence-electron chi connectivity index (χ2n) is 8.12. The van der Waals surface area contributed by atoms with Crippen molar-refractivity contribution in [3.05, 3.63) is 0 Å². The first-order valence-corrected chi connectivity index (χ1v) is 7.63. The largest absolute Gasteiger partial charge is 0.480 e. The summed E-state index contributed by atoms with van der Waals surface area (Å²) in [6.45, 7) is 12.1. The van der Waals surface area contributed by atoms with Crippen molar-refractivity contribution in [1.82, 2.24) is 4.90 Å². The van der Waals surface area contributed by atoms with Gasteiger partial charge >= 0.3 is 12.1 Å². The smallest absolute Gasteiger partial charge is 0.411 e. The highest BCUT2D eigenvalue weighted by molar-refractivity contribution is 5.80. The summed E-state index contributed by atoms with van der Waals surface area (Å²) in [4.78, 5) is 25.4. The number of carboxylic acid groups (broad SMARTS) is 1. The fourth-order valence-electron chi connectivity index (χ4n) is 2.94. The highest BCUT2D eigenvalue weighted by Gasteiger charge is 2.42. The molecule has 5 heteroatoms. The van der Waals surface area contributed by atoms with Crippen LogP contribution in [0.25, 0.3) is 0 Å². The lowest BCUT2D eigenvalue weighted by atomic mass is 9.77. The van der Waals surface area contributed by atoms with Gasteiger partial charge < -0.3 is 9.84 Å². The van der Waals surface area contributed by atoms with Crippen molar-refractivity contribution in [3.63, 3.8) is 0 Å². The second kappa shape index (κ2) is 6.24. The summed E-state index contributed by atoms with van der Waals surface area (Å²) in [6, 6.07) is -0.784. The summed E-state index contributed by atoms with van der Waals surface area (Å²) >= 11 is 0. The number of nitrogens with zero attached hydrogens (tertiary/aromatic N) is 1. The molecule has 5 nitrogen and oxygen atoms in total. The molecule has 1 rings (SSSR count). The van der Waals surface area contributed by atoms with Gasteiger partial charge in [-0.2, -0.15) is 0 Å². The lowest BCUT2D eigenvalue weighted by Gasteiger charge is -2.41. The number of hydrogen-bond acceptors (Lipinski definition) is 3. The molecule has 0 saturated carbocycles. The van der Waals surface area contributed by atoms with Crippen LogP contribution in [0.2, 0.25) is 0 Å². The van der Waals surface area contributed by atoms with Crippen LogP contribution in [-0.4, -0.2) is 40.3 Å². The SMILES string of the molecule is CC(C)(C)C[C@@H]1CCCN(C(=O)OC(C)(C)C)[C@H]1C(=O)O. The average molecular weight is 299 g/mol. The Hall–Kier alpha value is -1.26. The average Bonchev–Trinajstić information content (AvgIpc) is 2.23. The zero-order valence-electron chi connectivity index (χ0n) is 14.1. The molecule has 122 valence electrons. The third-order valence-corrected chi connectivity index (χ3v) is 3.51. The maximum absolute atomic E-state index is 12.3. The normalized spacial score (nSPS) is 23.8. The van der Waals surface area contributed by atoms with Crippen LogP contribution in [0.15, 0.2) is 0 Å². The van der Waals surface area contributed by atoms with E-state index in [9.17, 15) is 14.7 Å². The number of aliphatic carboxylic acids is 1. The van der Waals surface area contributed by atoms with Crippen LogP contribution in [0.4, 0.5) is 4.79 Å². The van der Waals surface area contributed by atoms with Gasteiger partial charge in [0, 0.05) is 6.54 Å². The van der Waals surface area contributed by atoms with Crippen LogP contribution in [0, 0.1) is 11.3 Å². The molecule has 1 heterocycles. The number of carboxylic acids is 1. The van der Waals surface area contributed by atoms with Crippen LogP contribution in [0.5, 0.6) is 0 Å². The maximum Gasteiger partial charge on any atom is 0.411 e. The Morgan fingerprint density at radius 3 is 2.19 bits per heavy atom. The molecule has 0 bridgehead atoms. The second-order valence-corrected chi connectivity index (χ2v) is 8.12. The lowest BCUT2D eigenvalue weighted by molar-refractivity contribution is -0.147. The van der Waals surface area contributed by atoms with Gasteiger partial charge in [-0.15, -0.1) is 0 Å². The van der Waals surface area contributed by atoms with E-state index in [1.807, 2.05) is 0 Å². The van der Waals surface area contributed by atoms with E-state index in [0.29, 0.717) is 6.54 Å². The van der Waals surface area contributed by atoms with Crippen molar-refractivity contribution in [1.29, 1.82) is 0 Å². The summed E-state index contributed by atoms with van der Waals surface area (Å²) in [6.07, 6.45) is 1.93. The van der Waals surface area contributed by atoms with E-state index in [0.717, 1.165) is 19.3 Å². The number of rotatable bonds is 2. The third-order valence-electron chi connectivity index (χ3n) is 3.51. The van der Waals surface area contributed by atoms with E-state index >= 15 is 0 Å². The maximum atomic E-state index is 12.3. The summed E-state index contributed by atoms with van der Waals surface area (Å²) in [5.74, 6) is -0.960. The Morgan fingerprint density at radius 2 is 1.76 bits per heavy atom. The highest BCUT2D eigenvalue weighted by Crippen LogP contribution is 2.35. The summed E-state index contributed by atoms with van der Waals surface area (Å²) < 4.78 is 5.36. The molecule has 1 amide bonds. The number of carbonyl (C=O) groups excluding carboxylic acids is 1. The molecule has 1 fully saturated rings. The number of carbonyl (C=O) groups is 2. The van der Waals surface area contributed by atoms with Crippen molar-refractivity contribution in [2.45, 2.75) is 72.4 Å². The Morgan fingerprint density at radius 1 is 1.19 bits per heavy atom. The summed E-state index contributed by atoms with van der Waals surface area (Å²) in [7, 11) is 0. The number of piperidine rings is 1. The molecule has 1 aliphatic heterocycles. The first-order valence-electron chi connectivity index (χ1n) is 7.63. The molecule has 0 spiro atoms. The molecule has 0 aromatic rings. The predicted octanol–water partition coefficient (Wildman–Crippen LogP) is 3.52. The quantitative estimate of drug-likeness (QED) is 0.847. The standard InChI is InChI=1S/C16H29NO4/c1-15(2,3)10-11-8-7-9-17(12(11)13(18)19)14(20)21-16(4,5)6/h11-12H,7-10H2,1-6H3,(H,18,19)/t11-,12+/m0/s1. The van der Waals surface area contributed by atoms with Gasteiger partial charge in [0.05, 0.1) is 0 Å². The van der Waals surface area contributed by atoms with Crippen LogP contribution >= 0.6 is 0 Å². The lowest BCUT2D eigenvalue weighted by Crippen LogP contribution is -2.54. The zero-order chi connectivity index (χ0) is 16.4. The molecule has 1 aliphatic rings. The van der Waals surface area contributed by atoms with Crippen molar-refractivity contribution in [3.8, 4) is 0 Å². The molecular formula is C16H29NO4. The fourth-order valence-corrected chi connectivity index (χ4v) is 2.94. The van der Waals surface area contributed by atoms with Crippen molar-refractivity contribution in [2.24, 2.45) is 11.3 Å². The molecule has 0 unspecified atom stereocenters. The van der Waals surface area contributed by atoms with Crippen molar-refractivity contribution in [2.75, 3.05) is 6.54 Å². The van der Waals surface area contributed by atoms with Gasteiger partial charge in [-0.1, -0.05) is 20.8 Å². The minimum atomic E-state index is -0.935. The van der Waals surface area contributed by atoms with Crippen LogP contribution in [0.3, 0.4) is 0 Å². The Kier molecular flexibility index (Phi) is 5.29. The van der Waals surface area contributed by atoms with E-state index in [1.165, 1.54) is 4.90 Å². The molecule has 2 atom stereocenters. The first kappa shape index (κ1) is 17.8. The third kappa shape index (κ3) is 5.56. The van der Waals surface area contributed by atoms with Crippen molar-refractivity contribution < 1.29 is 19.4 Å². The molecular weight excluding hydrogens is 270 g/mol. The van der Waals surface area contributed by atoms with Gasteiger partial charge in [0.1, 0.15) is 11.6 Å². The highest BCUT2D eigenvalue weighted by atomic mass is 16.6. The number of hydrogen-bond donors (Lipinski definition) is 1. The Balaban J connectivity index is 2.92. The molecule has 0 aliphatic carbocycles. The molecule has 1 saturated heterocycles. The van der Waals surface area contributed by atoms with E-state index in [4.69, 9.17) is 4.74 Å². The fraction of sp³-hybridized carbons (Fsp3) is 0.875. The first-order chi connectivity index (χ1) is 9.41. The molecule has 21 heavy (non-hydrogen) atoms. The summed E-state index contributed by atoms with van der Waals surface area (Å²) in [5, 5.41) is 9.57. The Bertz CT molecular complexity index is 392. The van der Waals surface area contributed by atoms with Gasteiger partial charge in [0.25, 0.3) is 0 Å². The van der Waals surface area contributed by atoms with Crippen molar-refractivity contribution >= 4 is 12.1 Å². The van der Waals surface area contributed by atoms with E-state index in [1.54, 1.807) is 20.8 Å². The van der Waals surface area contributed by atoms with Gasteiger partial charge in [-0.3, -0.25) is 4.90 Å². The zero-order valence-corrected chi connectivity index (χ0v) is 14.1. The molecule has 0 aromatic heterocycles. The minimum absolute atomic E-state index is 0.0243. The molecule has 1 N–H and O–H groups in total. The number of likely N-dealkylation sites (tertiary alicyclic amines) is 1. The number of ether oxygens (including phenoxy) is 1. The van der Waals surface area contributed by atoms with E-state index in [-0.39, 0.29) is 11.3 Å². The topological polar surface area (TPSA) is 66.8 Å². The van der Waals surface area contributed by atoms with Gasteiger partial charge in [-0.05, 0) is 51.4 Å². The minimum Gasteiger partial charge on any atom is -0.480 e. The van der Waals surface area contributed by atoms with Gasteiger partial charge in [-0.25, -0.2) is 9.59 Å². The van der Waals surface area contributed by atoms with Crippen LogP contribution < -0.4 is 0 Å². The number of amides is 1. The van der Waals surface area contributed by atoms with Gasteiger partial charge in [0.15, 0.2) is 0 Å². The predicted molar refractivity (Wildman–Crippen MR) is 81.2 cm³/mol. The molecule has 0 aromatic carbocycles. The van der Waals surface area contributed by atoms with Crippen LogP contribution in [0.1, 0.15) is 60.8 Å². The van der Waals surface area contributed by atoms with Gasteiger partial charge in [0.2, 0.25) is 0 Å². The monoisotopic (exact) mass is 299 g/mol.